The van der Waals surface area contributed by atoms with Crippen molar-refractivity contribution in [3.05, 3.63) is 35.4 Å². The van der Waals surface area contributed by atoms with E-state index in [0.717, 1.165) is 6.07 Å². The van der Waals surface area contributed by atoms with Crippen molar-refractivity contribution in [3.8, 4) is 0 Å². The molecule has 0 bridgehead atoms. The Hall–Kier alpha value is -1.04. The molecule has 0 aromatic heterocycles. The lowest BCUT2D eigenvalue weighted by Crippen LogP contribution is -2.55. The summed E-state index contributed by atoms with van der Waals surface area (Å²) in [5, 5.41) is 9.79. The molecule has 3 N–H and O–H groups in total. The zero-order chi connectivity index (χ0) is 13.3. The molecule has 0 aliphatic carbocycles. The van der Waals surface area contributed by atoms with Gasteiger partial charge in [0.25, 0.3) is 0 Å². The molecule has 1 aliphatic rings. The first-order chi connectivity index (χ1) is 8.45. The van der Waals surface area contributed by atoms with E-state index in [1.54, 1.807) is 6.92 Å². The van der Waals surface area contributed by atoms with E-state index < -0.39 is 23.3 Å². The van der Waals surface area contributed by atoms with Gasteiger partial charge in [0.15, 0.2) is 0 Å². The van der Waals surface area contributed by atoms with Gasteiger partial charge in [-0.25, -0.2) is 8.78 Å². The van der Waals surface area contributed by atoms with Gasteiger partial charge in [-0.1, -0.05) is 6.07 Å². The van der Waals surface area contributed by atoms with Crippen molar-refractivity contribution in [1.29, 1.82) is 0 Å². The van der Waals surface area contributed by atoms with Crippen molar-refractivity contribution in [1.82, 2.24) is 0 Å². The lowest BCUT2D eigenvalue weighted by Gasteiger charge is -2.42. The van der Waals surface area contributed by atoms with E-state index in [1.807, 2.05) is 0 Å². The minimum absolute atomic E-state index is 0.116. The average molecular weight is 257 g/mol. The molecule has 1 heterocycles. The van der Waals surface area contributed by atoms with E-state index in [2.05, 4.69) is 0 Å². The number of nitrogens with two attached hydrogens (primary N) is 1. The molecule has 1 aromatic rings. The van der Waals surface area contributed by atoms with Gasteiger partial charge in [0.1, 0.15) is 11.6 Å². The Morgan fingerprint density at radius 2 is 2.22 bits per heavy atom. The molecule has 1 aromatic carbocycles. The van der Waals surface area contributed by atoms with Crippen LogP contribution in [0.1, 0.15) is 18.9 Å². The molecule has 3 atom stereocenters. The lowest BCUT2D eigenvalue weighted by atomic mass is 9.73. The van der Waals surface area contributed by atoms with Gasteiger partial charge in [-0.05, 0) is 19.4 Å². The number of hydrogen-bond acceptors (Lipinski definition) is 3. The van der Waals surface area contributed by atoms with Gasteiger partial charge in [0.2, 0.25) is 0 Å². The summed E-state index contributed by atoms with van der Waals surface area (Å²) in [6, 6.07) is 3.30. The van der Waals surface area contributed by atoms with Crippen molar-refractivity contribution < 1.29 is 18.6 Å². The van der Waals surface area contributed by atoms with E-state index in [1.165, 1.54) is 12.1 Å². The smallest absolute Gasteiger partial charge is 0.131 e. The summed E-state index contributed by atoms with van der Waals surface area (Å²) in [7, 11) is 0. The van der Waals surface area contributed by atoms with Gasteiger partial charge in [0, 0.05) is 24.2 Å². The molecule has 18 heavy (non-hydrogen) atoms. The van der Waals surface area contributed by atoms with Gasteiger partial charge in [-0.15, -0.1) is 0 Å². The average Bonchev–Trinajstić information content (AvgIpc) is 2.28. The molecule has 2 rings (SSSR count). The molecule has 3 unspecified atom stereocenters. The number of ether oxygens (including phenoxy) is 1. The largest absolute Gasteiger partial charge is 0.393 e. The monoisotopic (exact) mass is 257 g/mol. The molecule has 100 valence electrons. The van der Waals surface area contributed by atoms with Crippen LogP contribution in [0.4, 0.5) is 8.78 Å². The first-order valence-electron chi connectivity index (χ1n) is 5.95. The maximum atomic E-state index is 13.9. The van der Waals surface area contributed by atoms with E-state index in [0.29, 0.717) is 13.0 Å². The highest BCUT2D eigenvalue weighted by atomic mass is 19.1. The standard InChI is InChI=1S/C13H17F2NO2/c1-8(17)10-4-5-18-7-13(10,16)11-3-2-9(14)6-12(11)15/h2-3,6,8,10,17H,4-5,7,16H2,1H3. The van der Waals surface area contributed by atoms with Crippen molar-refractivity contribution >= 4 is 0 Å². The third-order valence-electron chi connectivity index (χ3n) is 3.59. The fourth-order valence-corrected chi connectivity index (χ4v) is 2.63. The quantitative estimate of drug-likeness (QED) is 0.845. The summed E-state index contributed by atoms with van der Waals surface area (Å²) in [5.41, 5.74) is 5.30. The van der Waals surface area contributed by atoms with Crippen LogP contribution >= 0.6 is 0 Å². The van der Waals surface area contributed by atoms with Crippen molar-refractivity contribution in [2.24, 2.45) is 11.7 Å². The number of hydrogen-bond donors (Lipinski definition) is 2. The zero-order valence-electron chi connectivity index (χ0n) is 10.2. The van der Waals surface area contributed by atoms with Gasteiger partial charge < -0.3 is 15.6 Å². The van der Waals surface area contributed by atoms with E-state index in [4.69, 9.17) is 10.5 Å². The first kappa shape index (κ1) is 13.4. The van der Waals surface area contributed by atoms with Crippen LogP contribution in [0.5, 0.6) is 0 Å². The summed E-state index contributed by atoms with van der Waals surface area (Å²) in [6.45, 7) is 2.22. The summed E-state index contributed by atoms with van der Waals surface area (Å²) in [4.78, 5) is 0. The molecule has 3 nitrogen and oxygen atoms in total. The summed E-state index contributed by atoms with van der Waals surface area (Å²) < 4.78 is 32.1. The third kappa shape index (κ3) is 2.25. The van der Waals surface area contributed by atoms with Gasteiger partial charge in [0.05, 0.1) is 18.2 Å². The number of rotatable bonds is 2. The minimum atomic E-state index is -1.12. The first-order valence-corrected chi connectivity index (χ1v) is 5.95. The van der Waals surface area contributed by atoms with E-state index in [9.17, 15) is 13.9 Å². The maximum absolute atomic E-state index is 13.9. The van der Waals surface area contributed by atoms with Crippen LogP contribution in [-0.4, -0.2) is 24.4 Å². The molecule has 0 amide bonds. The number of benzene rings is 1. The number of halogens is 2. The highest BCUT2D eigenvalue weighted by Gasteiger charge is 2.43. The Labute approximate surface area is 105 Å². The second kappa shape index (κ2) is 4.91. The molecule has 1 aliphatic heterocycles. The second-order valence-corrected chi connectivity index (χ2v) is 4.85. The van der Waals surface area contributed by atoms with Gasteiger partial charge in [-0.2, -0.15) is 0 Å². The number of aliphatic hydroxyl groups is 1. The molecule has 0 radical (unpaired) electrons. The highest BCUT2D eigenvalue weighted by Crippen LogP contribution is 2.36. The molecular formula is C13H17F2NO2. The Kier molecular flexibility index (Phi) is 3.66. The summed E-state index contributed by atoms with van der Waals surface area (Å²) >= 11 is 0. The van der Waals surface area contributed by atoms with Crippen LogP contribution in [0.3, 0.4) is 0 Å². The van der Waals surface area contributed by atoms with Gasteiger partial charge >= 0.3 is 0 Å². The lowest BCUT2D eigenvalue weighted by molar-refractivity contribution is -0.0500. The van der Waals surface area contributed by atoms with Crippen LogP contribution in [0, 0.1) is 17.6 Å². The summed E-state index contributed by atoms with van der Waals surface area (Å²) in [6.07, 6.45) is -0.131. The van der Waals surface area contributed by atoms with Crippen LogP contribution in [0.15, 0.2) is 18.2 Å². The predicted octanol–water partition coefficient (Wildman–Crippen LogP) is 1.54. The van der Waals surface area contributed by atoms with Gasteiger partial charge in [-0.3, -0.25) is 0 Å². The SMILES string of the molecule is CC(O)C1CCOCC1(N)c1ccc(F)cc1F. The molecule has 1 saturated heterocycles. The second-order valence-electron chi connectivity index (χ2n) is 4.85. The number of aliphatic hydroxyl groups excluding tert-OH is 1. The minimum Gasteiger partial charge on any atom is -0.393 e. The van der Waals surface area contributed by atoms with Crippen LogP contribution in [-0.2, 0) is 10.3 Å². The predicted molar refractivity (Wildman–Crippen MR) is 62.8 cm³/mol. The third-order valence-corrected chi connectivity index (χ3v) is 3.59. The fraction of sp³-hybridized carbons (Fsp3) is 0.538. The van der Waals surface area contributed by atoms with E-state index in [-0.39, 0.29) is 18.1 Å². The van der Waals surface area contributed by atoms with Crippen molar-refractivity contribution in [2.45, 2.75) is 25.0 Å². The van der Waals surface area contributed by atoms with Crippen LogP contribution < -0.4 is 5.73 Å². The van der Waals surface area contributed by atoms with E-state index >= 15 is 0 Å². The Balaban J connectivity index is 2.43. The molecular weight excluding hydrogens is 240 g/mol. The maximum Gasteiger partial charge on any atom is 0.131 e. The molecule has 0 spiro atoms. The Morgan fingerprint density at radius 1 is 1.50 bits per heavy atom. The van der Waals surface area contributed by atoms with Crippen LogP contribution in [0.2, 0.25) is 0 Å². The van der Waals surface area contributed by atoms with Crippen LogP contribution in [0.25, 0.3) is 0 Å². The molecule has 1 fully saturated rings. The van der Waals surface area contributed by atoms with Crippen molar-refractivity contribution in [2.75, 3.05) is 13.2 Å². The topological polar surface area (TPSA) is 55.5 Å². The fourth-order valence-electron chi connectivity index (χ4n) is 2.63. The van der Waals surface area contributed by atoms with Crippen molar-refractivity contribution in [3.63, 3.8) is 0 Å². The Bertz CT molecular complexity index is 439. The highest BCUT2D eigenvalue weighted by molar-refractivity contribution is 5.28. The zero-order valence-corrected chi connectivity index (χ0v) is 10.2. The summed E-state index contributed by atoms with van der Waals surface area (Å²) in [5.74, 6) is -1.66. The Morgan fingerprint density at radius 3 is 2.83 bits per heavy atom. The normalized spacial score (nSPS) is 30.2. The molecule has 0 saturated carbocycles. The molecule has 5 heteroatoms.